The fourth-order valence-electron chi connectivity index (χ4n) is 3.31. The molecule has 0 heterocycles. The van der Waals surface area contributed by atoms with Gasteiger partial charge in [-0.25, -0.2) is 8.78 Å². The van der Waals surface area contributed by atoms with E-state index in [-0.39, 0.29) is 18.4 Å². The maximum atomic E-state index is 14.6. The number of benzene rings is 1. The summed E-state index contributed by atoms with van der Waals surface area (Å²) in [5.41, 5.74) is -0.783. The minimum atomic E-state index is -2.98. The van der Waals surface area contributed by atoms with Gasteiger partial charge >= 0.3 is 5.97 Å². The Hall–Kier alpha value is -0.720. The van der Waals surface area contributed by atoms with Gasteiger partial charge in [-0.1, -0.05) is 31.4 Å². The zero-order chi connectivity index (χ0) is 15.5. The highest BCUT2D eigenvalue weighted by Gasteiger charge is 2.44. The third-order valence-electron chi connectivity index (χ3n) is 4.30. The first-order valence-electron chi connectivity index (χ1n) is 7.19. The van der Waals surface area contributed by atoms with Crippen LogP contribution in [0.2, 0.25) is 0 Å². The predicted molar refractivity (Wildman–Crippen MR) is 85.4 cm³/mol. The van der Waals surface area contributed by atoms with Crippen molar-refractivity contribution in [2.24, 2.45) is 5.41 Å². The summed E-state index contributed by atoms with van der Waals surface area (Å²) >= 11 is 2.08. The zero-order valence-electron chi connectivity index (χ0n) is 11.7. The van der Waals surface area contributed by atoms with Gasteiger partial charge in [0.1, 0.15) is 0 Å². The van der Waals surface area contributed by atoms with Gasteiger partial charge in [-0.3, -0.25) is 4.79 Å². The van der Waals surface area contributed by atoms with E-state index in [9.17, 15) is 13.6 Å². The van der Waals surface area contributed by atoms with Gasteiger partial charge in [0.05, 0.1) is 6.42 Å². The number of alkyl halides is 2. The molecule has 21 heavy (non-hydrogen) atoms. The molecule has 0 spiro atoms. The average molecular weight is 408 g/mol. The van der Waals surface area contributed by atoms with Crippen LogP contribution in [-0.4, -0.2) is 11.1 Å². The molecular formula is C16H19F2IO2. The van der Waals surface area contributed by atoms with E-state index >= 15 is 0 Å². The summed E-state index contributed by atoms with van der Waals surface area (Å²) in [6, 6.07) is 6.21. The second-order valence-corrected chi connectivity index (χ2v) is 7.26. The van der Waals surface area contributed by atoms with Crippen LogP contribution >= 0.6 is 22.6 Å². The largest absolute Gasteiger partial charge is 0.481 e. The van der Waals surface area contributed by atoms with E-state index in [4.69, 9.17) is 5.11 Å². The molecule has 1 aromatic rings. The fourth-order valence-corrected chi connectivity index (χ4v) is 3.66. The molecule has 1 N–H and O–H groups in total. The lowest BCUT2D eigenvalue weighted by Crippen LogP contribution is -2.33. The van der Waals surface area contributed by atoms with E-state index in [1.165, 1.54) is 12.1 Å². The van der Waals surface area contributed by atoms with Crippen molar-refractivity contribution in [2.45, 2.75) is 50.9 Å². The Bertz CT molecular complexity index is 494. The molecule has 0 atom stereocenters. The average Bonchev–Trinajstić information content (AvgIpc) is 2.38. The molecule has 2 rings (SSSR count). The van der Waals surface area contributed by atoms with Crippen molar-refractivity contribution < 1.29 is 18.7 Å². The smallest absolute Gasteiger partial charge is 0.303 e. The molecule has 0 aromatic heterocycles. The van der Waals surface area contributed by atoms with Crippen LogP contribution in [0.4, 0.5) is 8.78 Å². The third-order valence-corrected chi connectivity index (χ3v) is 5.02. The molecule has 116 valence electrons. The van der Waals surface area contributed by atoms with Crippen molar-refractivity contribution in [3.8, 4) is 0 Å². The molecule has 0 unspecified atom stereocenters. The van der Waals surface area contributed by atoms with Gasteiger partial charge in [0, 0.05) is 15.6 Å². The van der Waals surface area contributed by atoms with Gasteiger partial charge < -0.3 is 5.11 Å². The van der Waals surface area contributed by atoms with Crippen molar-refractivity contribution in [3.05, 3.63) is 33.4 Å². The van der Waals surface area contributed by atoms with E-state index in [1.807, 2.05) is 0 Å². The zero-order valence-corrected chi connectivity index (χ0v) is 13.9. The summed E-state index contributed by atoms with van der Waals surface area (Å²) in [5, 5.41) is 9.09. The van der Waals surface area contributed by atoms with Crippen molar-refractivity contribution in [3.63, 3.8) is 0 Å². The highest BCUT2D eigenvalue weighted by molar-refractivity contribution is 14.1. The minimum Gasteiger partial charge on any atom is -0.481 e. The number of hydrogen-bond donors (Lipinski definition) is 1. The molecule has 1 aromatic carbocycles. The Morgan fingerprint density at radius 1 is 1.19 bits per heavy atom. The Labute approximate surface area is 137 Å². The van der Waals surface area contributed by atoms with Gasteiger partial charge in [0.15, 0.2) is 0 Å². The lowest BCUT2D eigenvalue weighted by Gasteiger charge is -2.38. The molecule has 2 nitrogen and oxygen atoms in total. The van der Waals surface area contributed by atoms with Crippen molar-refractivity contribution in [2.75, 3.05) is 0 Å². The molecule has 0 saturated heterocycles. The predicted octanol–water partition coefficient (Wildman–Crippen LogP) is 5.20. The lowest BCUT2D eigenvalue weighted by molar-refractivity contribution is -0.143. The maximum absolute atomic E-state index is 14.6. The number of carboxylic acids is 1. The number of hydrogen-bond acceptors (Lipinski definition) is 1. The van der Waals surface area contributed by atoms with Gasteiger partial charge in [-0.15, -0.1) is 0 Å². The second kappa shape index (κ2) is 6.58. The summed E-state index contributed by atoms with van der Waals surface area (Å²) in [4.78, 5) is 11.1. The number of rotatable bonds is 5. The highest BCUT2D eigenvalue weighted by atomic mass is 127. The van der Waals surface area contributed by atoms with Crippen LogP contribution in [0.25, 0.3) is 0 Å². The van der Waals surface area contributed by atoms with E-state index in [2.05, 4.69) is 22.6 Å². The topological polar surface area (TPSA) is 37.3 Å². The minimum absolute atomic E-state index is 0.0155. The van der Waals surface area contributed by atoms with Crippen LogP contribution in [-0.2, 0) is 10.7 Å². The Morgan fingerprint density at radius 3 is 2.29 bits per heavy atom. The van der Waals surface area contributed by atoms with Crippen LogP contribution in [0.15, 0.2) is 24.3 Å². The molecule has 1 fully saturated rings. The van der Waals surface area contributed by atoms with Crippen LogP contribution in [0.1, 0.15) is 50.5 Å². The Balaban J connectivity index is 2.21. The van der Waals surface area contributed by atoms with Gasteiger partial charge in [0.2, 0.25) is 0 Å². The van der Waals surface area contributed by atoms with E-state index < -0.39 is 17.3 Å². The number of halogens is 3. The Kier molecular flexibility index (Phi) is 5.22. The lowest BCUT2D eigenvalue weighted by atomic mass is 9.68. The Morgan fingerprint density at radius 2 is 1.76 bits per heavy atom. The van der Waals surface area contributed by atoms with Crippen molar-refractivity contribution in [1.82, 2.24) is 0 Å². The standard InChI is InChI=1S/C16H19F2IO2/c17-16(18,12-4-6-13(19)7-5-12)11-15(10-14(20)21)8-2-1-3-9-15/h4-7H,1-3,8-11H2,(H,20,21). The fraction of sp³-hybridized carbons (Fsp3) is 0.562. The number of carbonyl (C=O) groups is 1. The first-order chi connectivity index (χ1) is 9.83. The van der Waals surface area contributed by atoms with Gasteiger partial charge in [-0.2, -0.15) is 0 Å². The first kappa shape index (κ1) is 16.6. The molecule has 0 bridgehead atoms. The van der Waals surface area contributed by atoms with Crippen LogP contribution in [0, 0.1) is 8.99 Å². The van der Waals surface area contributed by atoms with E-state index in [1.54, 1.807) is 12.1 Å². The van der Waals surface area contributed by atoms with Crippen LogP contribution in [0.3, 0.4) is 0 Å². The van der Waals surface area contributed by atoms with Crippen molar-refractivity contribution >= 4 is 28.6 Å². The number of carboxylic acid groups (broad SMARTS) is 1. The van der Waals surface area contributed by atoms with Crippen molar-refractivity contribution in [1.29, 1.82) is 0 Å². The van der Waals surface area contributed by atoms with E-state index in [0.717, 1.165) is 22.8 Å². The monoisotopic (exact) mass is 408 g/mol. The van der Waals surface area contributed by atoms with Crippen LogP contribution < -0.4 is 0 Å². The maximum Gasteiger partial charge on any atom is 0.303 e. The second-order valence-electron chi connectivity index (χ2n) is 6.02. The summed E-state index contributed by atoms with van der Waals surface area (Å²) in [6.45, 7) is 0. The third kappa shape index (κ3) is 4.37. The normalized spacial score (nSPS) is 18.4. The molecule has 0 radical (unpaired) electrons. The molecule has 1 aliphatic rings. The molecule has 5 heteroatoms. The van der Waals surface area contributed by atoms with Gasteiger partial charge in [-0.05, 0) is 53.0 Å². The molecule has 0 aliphatic heterocycles. The molecular weight excluding hydrogens is 389 g/mol. The first-order valence-corrected chi connectivity index (χ1v) is 8.27. The number of aliphatic carboxylic acids is 1. The molecule has 1 aliphatic carbocycles. The summed E-state index contributed by atoms with van der Waals surface area (Å²) in [6.07, 6.45) is 3.33. The summed E-state index contributed by atoms with van der Waals surface area (Å²) < 4.78 is 30.1. The van der Waals surface area contributed by atoms with Gasteiger partial charge in [0.25, 0.3) is 5.92 Å². The quantitative estimate of drug-likeness (QED) is 0.681. The summed E-state index contributed by atoms with van der Waals surface area (Å²) in [7, 11) is 0. The molecule has 0 amide bonds. The van der Waals surface area contributed by atoms with Crippen LogP contribution in [0.5, 0.6) is 0 Å². The SMILES string of the molecule is O=C(O)CC1(CC(F)(F)c2ccc(I)cc2)CCCCC1. The highest BCUT2D eigenvalue weighted by Crippen LogP contribution is 2.49. The molecule has 1 saturated carbocycles. The van der Waals surface area contributed by atoms with E-state index in [0.29, 0.717) is 12.8 Å². The summed E-state index contributed by atoms with van der Waals surface area (Å²) in [5.74, 6) is -3.95.